The van der Waals surface area contributed by atoms with Gasteiger partial charge in [0.15, 0.2) is 0 Å². The summed E-state index contributed by atoms with van der Waals surface area (Å²) in [6.45, 7) is 5.52. The van der Waals surface area contributed by atoms with Crippen LogP contribution in [0.4, 0.5) is 0 Å². The van der Waals surface area contributed by atoms with Gasteiger partial charge in [0.25, 0.3) is 0 Å². The molecule has 0 fully saturated rings. The van der Waals surface area contributed by atoms with Crippen LogP contribution in [0.3, 0.4) is 0 Å². The molecule has 19 heavy (non-hydrogen) atoms. The molecule has 0 aliphatic carbocycles. The Kier molecular flexibility index (Phi) is 4.52. The van der Waals surface area contributed by atoms with Gasteiger partial charge in [-0.05, 0) is 31.5 Å². The molecule has 0 saturated heterocycles. The highest BCUT2D eigenvalue weighted by atomic mass is 16.5. The summed E-state index contributed by atoms with van der Waals surface area (Å²) in [5.41, 5.74) is 2.17. The van der Waals surface area contributed by atoms with Crippen molar-refractivity contribution in [1.29, 1.82) is 0 Å². The molecule has 1 aromatic carbocycles. The quantitative estimate of drug-likeness (QED) is 0.864. The molecule has 2 aromatic rings. The van der Waals surface area contributed by atoms with Crippen LogP contribution in [-0.2, 0) is 13.6 Å². The standard InChI is InChI=1S/C14H20N4O/c1-4-19-14-7-5-12(6-8-14)11(2)15-9-13-10-18(3)17-16-13/h5-8,10-11,15H,4,9H2,1-3H3. The van der Waals surface area contributed by atoms with Crippen molar-refractivity contribution < 1.29 is 4.74 Å². The number of ether oxygens (including phenoxy) is 1. The molecule has 5 nitrogen and oxygen atoms in total. The second-order valence-electron chi connectivity index (χ2n) is 4.49. The average Bonchev–Trinajstić information content (AvgIpc) is 2.83. The highest BCUT2D eigenvalue weighted by Gasteiger charge is 2.06. The summed E-state index contributed by atoms with van der Waals surface area (Å²) in [5, 5.41) is 11.4. The molecule has 0 spiro atoms. The molecule has 1 unspecified atom stereocenters. The molecule has 1 heterocycles. The van der Waals surface area contributed by atoms with E-state index >= 15 is 0 Å². The molecule has 102 valence electrons. The van der Waals surface area contributed by atoms with Gasteiger partial charge < -0.3 is 10.1 Å². The Morgan fingerprint density at radius 3 is 2.63 bits per heavy atom. The monoisotopic (exact) mass is 260 g/mol. The second kappa shape index (κ2) is 6.33. The van der Waals surface area contributed by atoms with Gasteiger partial charge in [0, 0.05) is 25.8 Å². The maximum absolute atomic E-state index is 5.43. The van der Waals surface area contributed by atoms with E-state index in [2.05, 4.69) is 34.7 Å². The molecule has 1 N–H and O–H groups in total. The van der Waals surface area contributed by atoms with Crippen LogP contribution in [0.15, 0.2) is 30.5 Å². The van der Waals surface area contributed by atoms with E-state index in [4.69, 9.17) is 4.74 Å². The maximum Gasteiger partial charge on any atom is 0.119 e. The molecule has 0 saturated carbocycles. The zero-order valence-electron chi connectivity index (χ0n) is 11.6. The van der Waals surface area contributed by atoms with E-state index in [1.54, 1.807) is 4.68 Å². The SMILES string of the molecule is CCOc1ccc(C(C)NCc2cn(C)nn2)cc1. The highest BCUT2D eigenvalue weighted by molar-refractivity contribution is 5.28. The number of benzene rings is 1. The van der Waals surface area contributed by atoms with E-state index in [1.165, 1.54) is 5.56 Å². The van der Waals surface area contributed by atoms with E-state index in [0.717, 1.165) is 11.4 Å². The van der Waals surface area contributed by atoms with E-state index in [1.807, 2.05) is 32.3 Å². The number of hydrogen-bond acceptors (Lipinski definition) is 4. The van der Waals surface area contributed by atoms with Crippen LogP contribution >= 0.6 is 0 Å². The number of rotatable bonds is 6. The normalized spacial score (nSPS) is 12.4. The Balaban J connectivity index is 1.90. The van der Waals surface area contributed by atoms with E-state index in [-0.39, 0.29) is 6.04 Å². The topological polar surface area (TPSA) is 52.0 Å². The van der Waals surface area contributed by atoms with Crippen LogP contribution < -0.4 is 10.1 Å². The van der Waals surface area contributed by atoms with E-state index in [9.17, 15) is 0 Å². The molecule has 5 heteroatoms. The Hall–Kier alpha value is -1.88. The van der Waals surface area contributed by atoms with Crippen molar-refractivity contribution in [2.75, 3.05) is 6.61 Å². The lowest BCUT2D eigenvalue weighted by molar-refractivity contribution is 0.340. The first-order valence-electron chi connectivity index (χ1n) is 6.50. The van der Waals surface area contributed by atoms with Gasteiger partial charge in [-0.3, -0.25) is 4.68 Å². The number of aromatic nitrogens is 3. The molecular weight excluding hydrogens is 240 g/mol. The zero-order chi connectivity index (χ0) is 13.7. The van der Waals surface area contributed by atoms with Crippen molar-refractivity contribution in [1.82, 2.24) is 20.3 Å². The van der Waals surface area contributed by atoms with Crippen LogP contribution in [0.25, 0.3) is 0 Å². The average molecular weight is 260 g/mol. The molecule has 0 amide bonds. The summed E-state index contributed by atoms with van der Waals surface area (Å²) in [7, 11) is 1.87. The number of hydrogen-bond donors (Lipinski definition) is 1. The van der Waals surface area contributed by atoms with Crippen molar-refractivity contribution >= 4 is 0 Å². The molecule has 1 atom stereocenters. The summed E-state index contributed by atoms with van der Waals surface area (Å²) in [6.07, 6.45) is 1.91. The van der Waals surface area contributed by atoms with Gasteiger partial charge in [0.2, 0.25) is 0 Å². The fraction of sp³-hybridized carbons (Fsp3) is 0.429. The van der Waals surface area contributed by atoms with Crippen LogP contribution in [0.2, 0.25) is 0 Å². The fourth-order valence-corrected chi connectivity index (χ4v) is 1.87. The van der Waals surface area contributed by atoms with Gasteiger partial charge in [-0.15, -0.1) is 5.10 Å². The predicted octanol–water partition coefficient (Wildman–Crippen LogP) is 2.06. The van der Waals surface area contributed by atoms with Crippen molar-refractivity contribution in [3.63, 3.8) is 0 Å². The number of nitrogens with one attached hydrogen (secondary N) is 1. The summed E-state index contributed by atoms with van der Waals surface area (Å²) in [5.74, 6) is 0.910. The lowest BCUT2D eigenvalue weighted by atomic mass is 10.1. The van der Waals surface area contributed by atoms with Crippen molar-refractivity contribution in [2.45, 2.75) is 26.4 Å². The fourth-order valence-electron chi connectivity index (χ4n) is 1.87. The number of aryl methyl sites for hydroxylation is 1. The minimum Gasteiger partial charge on any atom is -0.494 e. The van der Waals surface area contributed by atoms with Crippen molar-refractivity contribution in [2.24, 2.45) is 7.05 Å². The van der Waals surface area contributed by atoms with Crippen LogP contribution in [0.1, 0.15) is 31.1 Å². The molecule has 0 bridgehead atoms. The van der Waals surface area contributed by atoms with Crippen LogP contribution in [0, 0.1) is 0 Å². The number of nitrogens with zero attached hydrogens (tertiary/aromatic N) is 3. The molecular formula is C14H20N4O. The van der Waals surface area contributed by atoms with Gasteiger partial charge in [-0.1, -0.05) is 17.3 Å². The first kappa shape index (κ1) is 13.5. The largest absolute Gasteiger partial charge is 0.494 e. The van der Waals surface area contributed by atoms with Crippen LogP contribution in [0.5, 0.6) is 5.75 Å². The second-order valence-corrected chi connectivity index (χ2v) is 4.49. The third-order valence-corrected chi connectivity index (χ3v) is 2.93. The van der Waals surface area contributed by atoms with Gasteiger partial charge in [0.05, 0.1) is 12.3 Å². The minimum atomic E-state index is 0.262. The Morgan fingerprint density at radius 1 is 1.32 bits per heavy atom. The Labute approximate surface area is 113 Å². The van der Waals surface area contributed by atoms with Crippen molar-refractivity contribution in [3.05, 3.63) is 41.7 Å². The molecule has 0 radical (unpaired) electrons. The smallest absolute Gasteiger partial charge is 0.119 e. The zero-order valence-corrected chi connectivity index (χ0v) is 11.6. The predicted molar refractivity (Wildman–Crippen MR) is 73.9 cm³/mol. The Morgan fingerprint density at radius 2 is 2.05 bits per heavy atom. The lowest BCUT2D eigenvalue weighted by Crippen LogP contribution is -2.18. The highest BCUT2D eigenvalue weighted by Crippen LogP contribution is 2.17. The summed E-state index contributed by atoms with van der Waals surface area (Å²) >= 11 is 0. The van der Waals surface area contributed by atoms with Gasteiger partial charge in [-0.25, -0.2) is 0 Å². The van der Waals surface area contributed by atoms with Gasteiger partial charge in [-0.2, -0.15) is 0 Å². The summed E-state index contributed by atoms with van der Waals surface area (Å²) in [4.78, 5) is 0. The summed E-state index contributed by atoms with van der Waals surface area (Å²) in [6, 6.07) is 8.43. The van der Waals surface area contributed by atoms with E-state index < -0.39 is 0 Å². The molecule has 1 aromatic heterocycles. The first-order valence-corrected chi connectivity index (χ1v) is 6.50. The lowest BCUT2D eigenvalue weighted by Gasteiger charge is -2.13. The first-order chi connectivity index (χ1) is 9.19. The maximum atomic E-state index is 5.43. The van der Waals surface area contributed by atoms with Crippen LogP contribution in [-0.4, -0.2) is 21.6 Å². The minimum absolute atomic E-state index is 0.262. The summed E-state index contributed by atoms with van der Waals surface area (Å²) < 4.78 is 7.14. The molecule has 0 aliphatic heterocycles. The van der Waals surface area contributed by atoms with E-state index in [0.29, 0.717) is 13.2 Å². The Bertz CT molecular complexity index is 506. The van der Waals surface area contributed by atoms with Gasteiger partial charge in [0.1, 0.15) is 5.75 Å². The molecule has 2 rings (SSSR count). The van der Waals surface area contributed by atoms with Gasteiger partial charge >= 0.3 is 0 Å². The molecule has 0 aliphatic rings. The third-order valence-electron chi connectivity index (χ3n) is 2.93. The van der Waals surface area contributed by atoms with Crippen molar-refractivity contribution in [3.8, 4) is 5.75 Å². The third kappa shape index (κ3) is 3.79.